The number of piperidine rings is 1. The van der Waals surface area contributed by atoms with Crippen LogP contribution in [0.15, 0.2) is 0 Å². The number of rotatable bonds is 9. The summed E-state index contributed by atoms with van der Waals surface area (Å²) in [6, 6.07) is -0.889. The van der Waals surface area contributed by atoms with Crippen molar-refractivity contribution in [3.05, 3.63) is 0 Å². The molecule has 2 saturated heterocycles. The third-order valence-electron chi connectivity index (χ3n) is 6.30. The van der Waals surface area contributed by atoms with Gasteiger partial charge < -0.3 is 31.5 Å². The van der Waals surface area contributed by atoms with Gasteiger partial charge in [-0.15, -0.1) is 0 Å². The minimum Gasteiger partial charge on any atom is -0.345 e. The molecule has 4 amide bonds. The number of carbonyl (C=O) groups is 4. The fraction of sp³-hybridized carbons (Fsp3) is 0.810. The van der Waals surface area contributed by atoms with Gasteiger partial charge in [0.1, 0.15) is 6.04 Å². The molecule has 2 heterocycles. The van der Waals surface area contributed by atoms with Crippen LogP contribution in [0.25, 0.3) is 0 Å². The molecule has 0 aromatic rings. The van der Waals surface area contributed by atoms with Gasteiger partial charge in [0, 0.05) is 31.6 Å². The molecule has 0 aliphatic carbocycles. The summed E-state index contributed by atoms with van der Waals surface area (Å²) in [5.74, 6) is -0.580. The first-order chi connectivity index (χ1) is 14.6. The van der Waals surface area contributed by atoms with E-state index < -0.39 is 11.9 Å². The number of nitrogens with one attached hydrogen (secondary N) is 3. The van der Waals surface area contributed by atoms with Crippen LogP contribution in [-0.2, 0) is 19.2 Å². The molecule has 2 atom stereocenters. The van der Waals surface area contributed by atoms with E-state index in [1.165, 1.54) is 0 Å². The number of hydrogen-bond acceptors (Lipinski definition) is 6. The van der Waals surface area contributed by atoms with Gasteiger partial charge in [0.2, 0.25) is 23.6 Å². The monoisotopic (exact) mass is 438 g/mol. The molecule has 5 N–H and O–H groups in total. The number of amides is 4. The Hall–Kier alpha value is -2.20. The molecule has 0 unspecified atom stereocenters. The summed E-state index contributed by atoms with van der Waals surface area (Å²) in [5.41, 5.74) is 5.40. The molecule has 10 heteroatoms. The van der Waals surface area contributed by atoms with Crippen molar-refractivity contribution in [1.82, 2.24) is 25.8 Å². The number of carbonyl (C=O) groups excluding carboxylic acids is 4. The van der Waals surface area contributed by atoms with Gasteiger partial charge in [0.15, 0.2) is 0 Å². The molecule has 10 nitrogen and oxygen atoms in total. The average molecular weight is 439 g/mol. The van der Waals surface area contributed by atoms with Crippen LogP contribution >= 0.6 is 0 Å². The summed E-state index contributed by atoms with van der Waals surface area (Å²) >= 11 is 0. The maximum absolute atomic E-state index is 12.5. The van der Waals surface area contributed by atoms with Crippen LogP contribution in [0.2, 0.25) is 0 Å². The maximum atomic E-state index is 12.5. The van der Waals surface area contributed by atoms with Crippen LogP contribution < -0.4 is 21.7 Å². The van der Waals surface area contributed by atoms with Crippen LogP contribution in [0.3, 0.4) is 0 Å². The van der Waals surface area contributed by atoms with Gasteiger partial charge in [-0.25, -0.2) is 0 Å². The second-order valence-electron chi connectivity index (χ2n) is 9.26. The lowest BCUT2D eigenvalue weighted by molar-refractivity contribution is -0.150. The predicted octanol–water partition coefficient (Wildman–Crippen LogP) is -1.35. The van der Waals surface area contributed by atoms with Crippen LogP contribution in [0.4, 0.5) is 0 Å². The Bertz CT molecular complexity index is 667. The van der Waals surface area contributed by atoms with Gasteiger partial charge in [-0.05, 0) is 39.2 Å². The van der Waals surface area contributed by atoms with E-state index in [1.807, 2.05) is 25.7 Å². The highest BCUT2D eigenvalue weighted by Crippen LogP contribution is 2.40. The number of nitrogens with zero attached hydrogens (tertiary/aromatic N) is 2. The zero-order valence-electron chi connectivity index (χ0n) is 19.2. The molecule has 0 radical (unpaired) electrons. The van der Waals surface area contributed by atoms with E-state index in [-0.39, 0.29) is 48.2 Å². The molecular formula is C21H38N6O4. The molecule has 0 saturated carbocycles. The van der Waals surface area contributed by atoms with E-state index in [9.17, 15) is 19.2 Å². The van der Waals surface area contributed by atoms with Gasteiger partial charge in [0.05, 0.1) is 19.1 Å². The fourth-order valence-corrected chi connectivity index (χ4v) is 4.21. The summed E-state index contributed by atoms with van der Waals surface area (Å²) in [5, 5.41) is 8.25. The largest absolute Gasteiger partial charge is 0.345 e. The lowest BCUT2D eigenvalue weighted by Gasteiger charge is -2.54. The van der Waals surface area contributed by atoms with Gasteiger partial charge in [-0.3, -0.25) is 19.2 Å². The number of hydrogen-bond donors (Lipinski definition) is 4. The topological polar surface area (TPSA) is 137 Å². The Morgan fingerprint density at radius 1 is 1.03 bits per heavy atom. The third kappa shape index (κ3) is 6.64. The Morgan fingerprint density at radius 2 is 1.65 bits per heavy atom. The molecule has 0 aromatic heterocycles. The summed E-state index contributed by atoms with van der Waals surface area (Å²) < 4.78 is 0. The molecule has 31 heavy (non-hydrogen) atoms. The molecule has 2 rings (SSSR count). The molecule has 0 aromatic carbocycles. The standard InChI is InChI=1S/C21H38N6O4/c1-14(2)9-16(25-17(28)10-22)19(30)24-11-18(29)27-12-21(13-27)5-7-26(8-6-21)20(31)15(3)23-4/h14-16,23H,5-13,22H2,1-4H3,(H,24,30)(H,25,28)/t15-,16-/m1/s1. The first-order valence-electron chi connectivity index (χ1n) is 11.1. The Morgan fingerprint density at radius 3 is 2.16 bits per heavy atom. The smallest absolute Gasteiger partial charge is 0.243 e. The summed E-state index contributed by atoms with van der Waals surface area (Å²) in [6.45, 7) is 8.23. The summed E-state index contributed by atoms with van der Waals surface area (Å²) in [6.07, 6.45) is 2.24. The van der Waals surface area contributed by atoms with Crippen LogP contribution in [0.1, 0.15) is 40.0 Å². The maximum Gasteiger partial charge on any atom is 0.243 e. The van der Waals surface area contributed by atoms with E-state index in [0.29, 0.717) is 32.6 Å². The second kappa shape index (κ2) is 10.9. The quantitative estimate of drug-likeness (QED) is 0.351. The molecular weight excluding hydrogens is 400 g/mol. The molecule has 176 valence electrons. The SMILES string of the molecule is CN[C@H](C)C(=O)N1CCC2(CC1)CN(C(=O)CNC(=O)[C@@H](CC(C)C)NC(=O)CN)C2. The van der Waals surface area contributed by atoms with Crippen molar-refractivity contribution in [1.29, 1.82) is 0 Å². The molecule has 0 bridgehead atoms. The van der Waals surface area contributed by atoms with Crippen molar-refractivity contribution in [2.24, 2.45) is 17.1 Å². The van der Waals surface area contributed by atoms with Gasteiger partial charge in [0.25, 0.3) is 0 Å². The zero-order valence-corrected chi connectivity index (χ0v) is 19.2. The normalized spacial score (nSPS) is 19.5. The minimum absolute atomic E-state index is 0.0780. The van der Waals surface area contributed by atoms with Gasteiger partial charge in [-0.1, -0.05) is 13.8 Å². The van der Waals surface area contributed by atoms with E-state index in [2.05, 4.69) is 16.0 Å². The second-order valence-corrected chi connectivity index (χ2v) is 9.26. The number of likely N-dealkylation sites (tertiary alicyclic amines) is 2. The molecule has 1 spiro atoms. The highest BCUT2D eigenvalue weighted by Gasteiger charge is 2.47. The van der Waals surface area contributed by atoms with Crippen molar-refractivity contribution in [3.63, 3.8) is 0 Å². The third-order valence-corrected chi connectivity index (χ3v) is 6.30. The highest BCUT2D eigenvalue weighted by atomic mass is 16.2. The van der Waals surface area contributed by atoms with Crippen LogP contribution in [-0.4, -0.2) is 91.8 Å². The highest BCUT2D eigenvalue weighted by molar-refractivity contribution is 5.91. The van der Waals surface area contributed by atoms with Crippen molar-refractivity contribution < 1.29 is 19.2 Å². The van der Waals surface area contributed by atoms with Crippen LogP contribution in [0.5, 0.6) is 0 Å². The van der Waals surface area contributed by atoms with Crippen LogP contribution in [0, 0.1) is 11.3 Å². The lowest BCUT2D eigenvalue weighted by Crippen LogP contribution is -2.64. The number of likely N-dealkylation sites (N-methyl/N-ethyl adjacent to an activating group) is 1. The average Bonchev–Trinajstić information content (AvgIpc) is 2.73. The van der Waals surface area contributed by atoms with Crippen molar-refractivity contribution in [3.8, 4) is 0 Å². The predicted molar refractivity (Wildman–Crippen MR) is 117 cm³/mol. The first kappa shape index (κ1) is 25.1. The van der Waals surface area contributed by atoms with E-state index in [0.717, 1.165) is 12.8 Å². The van der Waals surface area contributed by atoms with Crippen molar-refractivity contribution in [2.75, 3.05) is 46.3 Å². The Kier molecular flexibility index (Phi) is 8.81. The van der Waals surface area contributed by atoms with Crippen molar-refractivity contribution in [2.45, 2.75) is 52.1 Å². The van der Waals surface area contributed by atoms with E-state index in [1.54, 1.807) is 11.9 Å². The van der Waals surface area contributed by atoms with Gasteiger partial charge >= 0.3 is 0 Å². The first-order valence-corrected chi connectivity index (χ1v) is 11.1. The summed E-state index contributed by atoms with van der Waals surface area (Å²) in [7, 11) is 1.78. The molecule has 2 fully saturated rings. The van der Waals surface area contributed by atoms with E-state index >= 15 is 0 Å². The van der Waals surface area contributed by atoms with E-state index in [4.69, 9.17) is 5.73 Å². The van der Waals surface area contributed by atoms with Crippen molar-refractivity contribution >= 4 is 23.6 Å². The van der Waals surface area contributed by atoms with Gasteiger partial charge in [-0.2, -0.15) is 0 Å². The minimum atomic E-state index is -0.701. The molecule has 2 aliphatic rings. The molecule has 2 aliphatic heterocycles. The Balaban J connectivity index is 1.76. The lowest BCUT2D eigenvalue weighted by atomic mass is 9.72. The number of nitrogens with two attached hydrogens (primary N) is 1. The zero-order chi connectivity index (χ0) is 23.2. The summed E-state index contributed by atoms with van der Waals surface area (Å²) in [4.78, 5) is 52.5. The Labute approximate surface area is 184 Å². The fourth-order valence-electron chi connectivity index (χ4n) is 4.21.